The molecule has 0 fully saturated rings. The van der Waals surface area contributed by atoms with Crippen LogP contribution in [0.4, 0.5) is 0 Å². The molecule has 22 heavy (non-hydrogen) atoms. The first kappa shape index (κ1) is 14.5. The zero-order valence-corrected chi connectivity index (χ0v) is 15.4. The van der Waals surface area contributed by atoms with E-state index in [0.29, 0.717) is 0 Å². The smallest absolute Gasteiger partial charge is 0.0178 e. The van der Waals surface area contributed by atoms with E-state index in [1.165, 1.54) is 44.0 Å². The van der Waals surface area contributed by atoms with Crippen LogP contribution in [0.1, 0.15) is 35.1 Å². The number of hydrogen-bond donors (Lipinski definition) is 0. The Morgan fingerprint density at radius 3 is 1.59 bits per heavy atom. The highest BCUT2D eigenvalue weighted by Gasteiger charge is 2.16. The Balaban J connectivity index is 1.42. The molecule has 0 N–H and O–H groups in total. The molecule has 2 aromatic carbocycles. The van der Waals surface area contributed by atoms with E-state index in [-0.39, 0.29) is 0 Å². The summed E-state index contributed by atoms with van der Waals surface area (Å²) in [7, 11) is 0. The highest BCUT2D eigenvalue weighted by Crippen LogP contribution is 2.34. The van der Waals surface area contributed by atoms with E-state index in [9.17, 15) is 0 Å². The summed E-state index contributed by atoms with van der Waals surface area (Å²) < 4.78 is 2.36. The van der Waals surface area contributed by atoms with Crippen LogP contribution in [0.5, 0.6) is 0 Å². The Hall–Kier alpha value is -1.12. The lowest BCUT2D eigenvalue weighted by atomic mass is 10.0. The normalized spacial score (nSPS) is 15.4. The van der Waals surface area contributed by atoms with Gasteiger partial charge in [-0.05, 0) is 72.2 Å². The molecular formula is C20H16Br2. The molecule has 0 unspecified atom stereocenters. The van der Waals surface area contributed by atoms with Crippen molar-refractivity contribution in [3.63, 3.8) is 0 Å². The van der Waals surface area contributed by atoms with E-state index in [4.69, 9.17) is 0 Å². The third-order valence-corrected chi connectivity index (χ3v) is 5.52. The summed E-state index contributed by atoms with van der Waals surface area (Å²) in [6.45, 7) is 0. The third-order valence-electron chi connectivity index (χ3n) is 4.53. The van der Waals surface area contributed by atoms with Gasteiger partial charge in [-0.1, -0.05) is 67.3 Å². The van der Waals surface area contributed by atoms with Crippen molar-refractivity contribution in [2.75, 3.05) is 0 Å². The predicted octanol–water partition coefficient (Wildman–Crippen LogP) is 6.57. The average molecular weight is 416 g/mol. The zero-order valence-electron chi connectivity index (χ0n) is 12.2. The summed E-state index contributed by atoms with van der Waals surface area (Å²) in [5.41, 5.74) is 8.82. The Kier molecular flexibility index (Phi) is 3.83. The number of fused-ring (bicyclic) bond motifs is 2. The first-order valence-corrected chi connectivity index (χ1v) is 9.22. The standard InChI is InChI=1S/C20H16Br2/c21-19-5-3-15-7-13(9-17(15)11-19)1-2-14-8-16-4-6-20(22)12-18(16)10-14/h3-8,11-12H,1-2,9-10H2. The first-order chi connectivity index (χ1) is 10.7. The molecule has 0 atom stereocenters. The van der Waals surface area contributed by atoms with Gasteiger partial charge in [-0.3, -0.25) is 0 Å². The van der Waals surface area contributed by atoms with Crippen molar-refractivity contribution in [1.29, 1.82) is 0 Å². The number of rotatable bonds is 3. The van der Waals surface area contributed by atoms with Crippen molar-refractivity contribution < 1.29 is 0 Å². The molecule has 0 amide bonds. The largest absolute Gasteiger partial charge is 0.0649 e. The maximum absolute atomic E-state index is 3.56. The molecule has 0 saturated heterocycles. The molecule has 0 radical (unpaired) electrons. The highest BCUT2D eigenvalue weighted by atomic mass is 79.9. The van der Waals surface area contributed by atoms with E-state index in [1.807, 2.05) is 0 Å². The number of allylic oxidation sites excluding steroid dienone is 2. The van der Waals surface area contributed by atoms with Gasteiger partial charge in [0.1, 0.15) is 0 Å². The monoisotopic (exact) mass is 414 g/mol. The topological polar surface area (TPSA) is 0 Å². The van der Waals surface area contributed by atoms with Crippen LogP contribution in [0, 0.1) is 0 Å². The van der Waals surface area contributed by atoms with E-state index >= 15 is 0 Å². The Labute approximate surface area is 148 Å². The van der Waals surface area contributed by atoms with Gasteiger partial charge in [-0.2, -0.15) is 0 Å². The van der Waals surface area contributed by atoms with Crippen molar-refractivity contribution in [2.45, 2.75) is 25.7 Å². The van der Waals surface area contributed by atoms with Crippen LogP contribution in [0.2, 0.25) is 0 Å². The van der Waals surface area contributed by atoms with Crippen LogP contribution in [-0.2, 0) is 12.8 Å². The van der Waals surface area contributed by atoms with Gasteiger partial charge in [0, 0.05) is 8.95 Å². The van der Waals surface area contributed by atoms with Crippen LogP contribution in [-0.4, -0.2) is 0 Å². The van der Waals surface area contributed by atoms with Crippen LogP contribution in [0.15, 0.2) is 56.5 Å². The molecule has 0 saturated carbocycles. The molecule has 2 aliphatic rings. The van der Waals surface area contributed by atoms with Gasteiger partial charge in [0.15, 0.2) is 0 Å². The number of benzene rings is 2. The van der Waals surface area contributed by atoms with Crippen LogP contribution >= 0.6 is 31.9 Å². The van der Waals surface area contributed by atoms with Gasteiger partial charge in [0.05, 0.1) is 0 Å². The van der Waals surface area contributed by atoms with Gasteiger partial charge in [-0.25, -0.2) is 0 Å². The molecule has 2 heteroatoms. The lowest BCUT2D eigenvalue weighted by molar-refractivity contribution is 0.886. The third kappa shape index (κ3) is 2.87. The predicted molar refractivity (Wildman–Crippen MR) is 101 cm³/mol. The van der Waals surface area contributed by atoms with E-state index in [2.05, 4.69) is 80.4 Å². The van der Waals surface area contributed by atoms with Crippen molar-refractivity contribution >= 4 is 44.0 Å². The molecule has 0 aliphatic heterocycles. The minimum Gasteiger partial charge on any atom is -0.0649 e. The van der Waals surface area contributed by atoms with Crippen molar-refractivity contribution in [2.24, 2.45) is 0 Å². The second-order valence-corrected chi connectivity index (χ2v) is 7.98. The van der Waals surface area contributed by atoms with Crippen LogP contribution in [0.3, 0.4) is 0 Å². The molecule has 4 rings (SSSR count). The lowest BCUT2D eigenvalue weighted by Crippen LogP contribution is -1.89. The fraction of sp³-hybridized carbons (Fsp3) is 0.200. The average Bonchev–Trinajstić information content (AvgIpc) is 3.07. The Morgan fingerprint density at radius 1 is 0.682 bits per heavy atom. The van der Waals surface area contributed by atoms with E-state index < -0.39 is 0 Å². The van der Waals surface area contributed by atoms with Crippen molar-refractivity contribution in [1.82, 2.24) is 0 Å². The molecule has 0 aromatic heterocycles. The molecule has 2 aliphatic carbocycles. The second kappa shape index (κ2) is 5.82. The maximum Gasteiger partial charge on any atom is 0.0178 e. The Morgan fingerprint density at radius 2 is 1.14 bits per heavy atom. The highest BCUT2D eigenvalue weighted by molar-refractivity contribution is 9.10. The summed E-state index contributed by atoms with van der Waals surface area (Å²) in [5.74, 6) is 0. The summed E-state index contributed by atoms with van der Waals surface area (Å²) in [6.07, 6.45) is 9.32. The van der Waals surface area contributed by atoms with Crippen molar-refractivity contribution in [3.05, 3.63) is 78.7 Å². The number of hydrogen-bond acceptors (Lipinski definition) is 0. The Bertz CT molecular complexity index is 743. The van der Waals surface area contributed by atoms with Crippen LogP contribution < -0.4 is 0 Å². The molecule has 110 valence electrons. The van der Waals surface area contributed by atoms with E-state index in [0.717, 1.165) is 12.8 Å². The molecule has 0 spiro atoms. The summed E-state index contributed by atoms with van der Waals surface area (Å²) in [6, 6.07) is 13.2. The van der Waals surface area contributed by atoms with Gasteiger partial charge >= 0.3 is 0 Å². The van der Waals surface area contributed by atoms with E-state index in [1.54, 1.807) is 11.1 Å². The van der Waals surface area contributed by atoms with Crippen molar-refractivity contribution in [3.8, 4) is 0 Å². The van der Waals surface area contributed by atoms with Gasteiger partial charge in [0.25, 0.3) is 0 Å². The van der Waals surface area contributed by atoms with Gasteiger partial charge in [-0.15, -0.1) is 0 Å². The zero-order chi connectivity index (χ0) is 15.1. The molecule has 0 bridgehead atoms. The maximum atomic E-state index is 3.56. The molecule has 0 nitrogen and oxygen atoms in total. The fourth-order valence-electron chi connectivity index (χ4n) is 3.41. The number of halogens is 2. The minimum atomic E-state index is 1.11. The quantitative estimate of drug-likeness (QED) is 0.531. The summed E-state index contributed by atoms with van der Waals surface area (Å²) >= 11 is 7.13. The first-order valence-electron chi connectivity index (χ1n) is 7.63. The minimum absolute atomic E-state index is 1.11. The summed E-state index contributed by atoms with van der Waals surface area (Å²) in [4.78, 5) is 0. The van der Waals surface area contributed by atoms with Gasteiger partial charge < -0.3 is 0 Å². The second-order valence-electron chi connectivity index (χ2n) is 6.14. The van der Waals surface area contributed by atoms with Gasteiger partial charge in [0.2, 0.25) is 0 Å². The summed E-state index contributed by atoms with van der Waals surface area (Å²) in [5, 5.41) is 0. The fourth-order valence-corrected chi connectivity index (χ4v) is 4.23. The lowest BCUT2D eigenvalue weighted by Gasteiger charge is -2.04. The molecular weight excluding hydrogens is 400 g/mol. The van der Waals surface area contributed by atoms with Crippen LogP contribution in [0.25, 0.3) is 12.2 Å². The molecule has 2 aromatic rings. The molecule has 0 heterocycles. The SMILES string of the molecule is Brc1ccc2c(c1)CC(CCC1=Cc3ccc(Br)cc3C1)=C2.